The van der Waals surface area contributed by atoms with Crippen molar-refractivity contribution < 1.29 is 4.74 Å². The molecule has 0 aliphatic heterocycles. The van der Waals surface area contributed by atoms with Crippen molar-refractivity contribution in [1.82, 2.24) is 15.2 Å². The number of nitrogens with zero attached hydrogens (tertiary/aromatic N) is 2. The van der Waals surface area contributed by atoms with Gasteiger partial charge in [0.2, 0.25) is 0 Å². The van der Waals surface area contributed by atoms with Gasteiger partial charge in [-0.1, -0.05) is 0 Å². The molecule has 1 atom stereocenters. The highest BCUT2D eigenvalue weighted by molar-refractivity contribution is 5.06. The first-order valence-corrected chi connectivity index (χ1v) is 5.76. The molecule has 1 aromatic rings. The van der Waals surface area contributed by atoms with Crippen LogP contribution in [-0.4, -0.2) is 29.5 Å². The Labute approximate surface area is 96.9 Å². The number of nitrogens with one attached hydrogen (secondary N) is 1. The van der Waals surface area contributed by atoms with Crippen molar-refractivity contribution in [2.75, 3.05) is 13.7 Å². The van der Waals surface area contributed by atoms with Crippen molar-refractivity contribution in [3.05, 3.63) is 18.0 Å². The Hall–Kier alpha value is -0.910. The number of methoxy groups -OCH3 is 1. The molecule has 1 unspecified atom stereocenters. The van der Waals surface area contributed by atoms with Gasteiger partial charge in [-0.3, -0.25) is 16.0 Å². The predicted octanol–water partition coefficient (Wildman–Crippen LogP) is 0.704. The molecule has 0 aliphatic carbocycles. The second-order valence-electron chi connectivity index (χ2n) is 3.91. The third-order valence-electron chi connectivity index (χ3n) is 2.63. The molecule has 0 aliphatic rings. The fraction of sp³-hybridized carbons (Fsp3) is 0.727. The van der Waals surface area contributed by atoms with Crippen LogP contribution in [0.25, 0.3) is 0 Å². The van der Waals surface area contributed by atoms with Crippen LogP contribution >= 0.6 is 0 Å². The number of aryl methyl sites for hydroxylation is 1. The van der Waals surface area contributed by atoms with E-state index in [2.05, 4.69) is 23.6 Å². The van der Waals surface area contributed by atoms with E-state index >= 15 is 0 Å². The Morgan fingerprint density at radius 2 is 2.44 bits per heavy atom. The highest BCUT2D eigenvalue weighted by atomic mass is 16.5. The maximum Gasteiger partial charge on any atom is 0.0522 e. The minimum atomic E-state index is 0.296. The summed E-state index contributed by atoms with van der Waals surface area (Å²) >= 11 is 0. The van der Waals surface area contributed by atoms with Crippen LogP contribution in [-0.2, 0) is 17.7 Å². The van der Waals surface area contributed by atoms with Crippen LogP contribution in [0.5, 0.6) is 0 Å². The number of nitrogens with two attached hydrogens (primary N) is 1. The third kappa shape index (κ3) is 4.30. The van der Waals surface area contributed by atoms with Crippen molar-refractivity contribution in [3.63, 3.8) is 0 Å². The molecule has 0 amide bonds. The standard InChI is InChI=1S/C11H22N4O/c1-3-15-9-10(8-13-15)7-11(14-12)5-4-6-16-2/h8-9,11,14H,3-7,12H2,1-2H3. The quantitative estimate of drug-likeness (QED) is 0.389. The molecule has 3 N–H and O–H groups in total. The van der Waals surface area contributed by atoms with E-state index in [-0.39, 0.29) is 0 Å². The van der Waals surface area contributed by atoms with E-state index in [0.717, 1.165) is 32.4 Å². The summed E-state index contributed by atoms with van der Waals surface area (Å²) in [6.07, 6.45) is 6.93. The zero-order valence-corrected chi connectivity index (χ0v) is 10.1. The summed E-state index contributed by atoms with van der Waals surface area (Å²) in [7, 11) is 1.72. The first-order chi connectivity index (χ1) is 7.80. The lowest BCUT2D eigenvalue weighted by Gasteiger charge is -2.14. The number of aromatic nitrogens is 2. The minimum Gasteiger partial charge on any atom is -0.385 e. The van der Waals surface area contributed by atoms with Crippen LogP contribution in [0.1, 0.15) is 25.3 Å². The highest BCUT2D eigenvalue weighted by Gasteiger charge is 2.08. The summed E-state index contributed by atoms with van der Waals surface area (Å²) < 4.78 is 6.95. The third-order valence-corrected chi connectivity index (χ3v) is 2.63. The van der Waals surface area contributed by atoms with Gasteiger partial charge in [0.15, 0.2) is 0 Å². The van der Waals surface area contributed by atoms with Crippen LogP contribution in [0.4, 0.5) is 0 Å². The lowest BCUT2D eigenvalue weighted by Crippen LogP contribution is -2.36. The Balaban J connectivity index is 2.36. The number of hydrogen-bond acceptors (Lipinski definition) is 4. The van der Waals surface area contributed by atoms with Crippen LogP contribution in [0.2, 0.25) is 0 Å². The Bertz CT molecular complexity index is 287. The summed E-state index contributed by atoms with van der Waals surface area (Å²) in [4.78, 5) is 0. The SMILES string of the molecule is CCn1cc(CC(CCCOC)NN)cn1. The monoisotopic (exact) mass is 226 g/mol. The van der Waals surface area contributed by atoms with Gasteiger partial charge in [0.1, 0.15) is 0 Å². The second kappa shape index (κ2) is 7.38. The second-order valence-corrected chi connectivity index (χ2v) is 3.91. The van der Waals surface area contributed by atoms with E-state index in [0.29, 0.717) is 6.04 Å². The fourth-order valence-corrected chi connectivity index (χ4v) is 1.69. The molecule has 1 heterocycles. The van der Waals surface area contributed by atoms with Gasteiger partial charge in [-0.2, -0.15) is 5.10 Å². The maximum absolute atomic E-state index is 5.52. The number of hydrazine groups is 1. The molecule has 5 heteroatoms. The van der Waals surface area contributed by atoms with Gasteiger partial charge in [-0.25, -0.2) is 0 Å². The van der Waals surface area contributed by atoms with Crippen LogP contribution in [0.15, 0.2) is 12.4 Å². The summed E-state index contributed by atoms with van der Waals surface area (Å²) in [5.41, 5.74) is 4.07. The first kappa shape index (κ1) is 13.2. The Kier molecular flexibility index (Phi) is 6.07. The molecule has 0 spiro atoms. The van der Waals surface area contributed by atoms with Crippen molar-refractivity contribution in [3.8, 4) is 0 Å². The van der Waals surface area contributed by atoms with Gasteiger partial charge >= 0.3 is 0 Å². The smallest absolute Gasteiger partial charge is 0.0522 e. The first-order valence-electron chi connectivity index (χ1n) is 5.76. The molecule has 0 aromatic carbocycles. The zero-order valence-electron chi connectivity index (χ0n) is 10.1. The van der Waals surface area contributed by atoms with Gasteiger partial charge in [-0.15, -0.1) is 0 Å². The van der Waals surface area contributed by atoms with E-state index in [1.807, 2.05) is 10.9 Å². The lowest BCUT2D eigenvalue weighted by atomic mass is 10.1. The van der Waals surface area contributed by atoms with E-state index in [1.165, 1.54) is 5.56 Å². The van der Waals surface area contributed by atoms with Crippen LogP contribution in [0.3, 0.4) is 0 Å². The van der Waals surface area contributed by atoms with E-state index in [9.17, 15) is 0 Å². The van der Waals surface area contributed by atoms with Crippen molar-refractivity contribution in [2.45, 2.75) is 38.8 Å². The molecule has 0 radical (unpaired) electrons. The molecule has 0 saturated carbocycles. The van der Waals surface area contributed by atoms with Crippen LogP contribution < -0.4 is 11.3 Å². The summed E-state index contributed by atoms with van der Waals surface area (Å²) in [6, 6.07) is 0.296. The fourth-order valence-electron chi connectivity index (χ4n) is 1.69. The van der Waals surface area contributed by atoms with Gasteiger partial charge in [0.05, 0.1) is 6.20 Å². The average Bonchev–Trinajstić information content (AvgIpc) is 2.75. The predicted molar refractivity (Wildman–Crippen MR) is 63.8 cm³/mol. The largest absolute Gasteiger partial charge is 0.385 e. The minimum absolute atomic E-state index is 0.296. The van der Waals surface area contributed by atoms with E-state index in [1.54, 1.807) is 7.11 Å². The topological polar surface area (TPSA) is 65.1 Å². The molecule has 5 nitrogen and oxygen atoms in total. The molecule has 92 valence electrons. The van der Waals surface area contributed by atoms with Gasteiger partial charge in [-0.05, 0) is 31.7 Å². The van der Waals surface area contributed by atoms with Gasteiger partial charge in [0, 0.05) is 32.5 Å². The Morgan fingerprint density at radius 1 is 1.62 bits per heavy atom. The average molecular weight is 226 g/mol. The van der Waals surface area contributed by atoms with E-state index < -0.39 is 0 Å². The number of ether oxygens (including phenoxy) is 1. The molecule has 1 aromatic heterocycles. The molecular formula is C11H22N4O. The highest BCUT2D eigenvalue weighted by Crippen LogP contribution is 2.06. The molecule has 0 fully saturated rings. The van der Waals surface area contributed by atoms with Crippen LogP contribution in [0, 0.1) is 0 Å². The normalized spacial score (nSPS) is 12.9. The van der Waals surface area contributed by atoms with Crippen molar-refractivity contribution in [2.24, 2.45) is 5.84 Å². The maximum atomic E-state index is 5.52. The van der Waals surface area contributed by atoms with Gasteiger partial charge < -0.3 is 4.74 Å². The van der Waals surface area contributed by atoms with Crippen molar-refractivity contribution >= 4 is 0 Å². The lowest BCUT2D eigenvalue weighted by molar-refractivity contribution is 0.188. The molecular weight excluding hydrogens is 204 g/mol. The molecule has 0 saturated heterocycles. The molecule has 1 rings (SSSR count). The van der Waals surface area contributed by atoms with Crippen molar-refractivity contribution in [1.29, 1.82) is 0 Å². The number of rotatable bonds is 8. The zero-order chi connectivity index (χ0) is 11.8. The molecule has 0 bridgehead atoms. The molecule has 16 heavy (non-hydrogen) atoms. The summed E-state index contributed by atoms with van der Waals surface area (Å²) in [5, 5.41) is 4.24. The summed E-state index contributed by atoms with van der Waals surface area (Å²) in [6.45, 7) is 3.77. The number of hydrogen-bond donors (Lipinski definition) is 2. The summed E-state index contributed by atoms with van der Waals surface area (Å²) in [5.74, 6) is 5.52. The van der Waals surface area contributed by atoms with E-state index in [4.69, 9.17) is 10.6 Å². The Morgan fingerprint density at radius 3 is 3.00 bits per heavy atom. The van der Waals surface area contributed by atoms with Gasteiger partial charge in [0.25, 0.3) is 0 Å².